The topological polar surface area (TPSA) is 75.6 Å². The molecule has 7 heteroatoms. The molecule has 3 aliphatic carbocycles. The quantitative estimate of drug-likeness (QED) is 0.834. The molecule has 0 heterocycles. The van der Waals surface area contributed by atoms with Crippen LogP contribution in [0.5, 0.6) is 0 Å². The number of carboxylic acid groups (broad SMARTS) is 1. The maximum atomic E-state index is 12.8. The third-order valence-electron chi connectivity index (χ3n) is 4.10. The SMILES string of the molecule is CC(C)(C)OC(=O)N[C@@H](C(=O)O)C12CC(C(F)F)(C1)C2. The van der Waals surface area contributed by atoms with Gasteiger partial charge in [0, 0.05) is 10.8 Å². The van der Waals surface area contributed by atoms with Crippen molar-refractivity contribution >= 4 is 12.1 Å². The maximum absolute atomic E-state index is 12.8. The van der Waals surface area contributed by atoms with Crippen molar-refractivity contribution in [3.8, 4) is 0 Å². The molecule has 0 saturated heterocycles. The van der Waals surface area contributed by atoms with Crippen LogP contribution in [-0.2, 0) is 9.53 Å². The van der Waals surface area contributed by atoms with E-state index in [9.17, 15) is 23.5 Å². The molecule has 114 valence electrons. The molecule has 1 amide bonds. The lowest BCUT2D eigenvalue weighted by molar-refractivity contribution is -0.277. The first-order valence-corrected chi connectivity index (χ1v) is 6.50. The first-order valence-electron chi connectivity index (χ1n) is 6.50. The standard InChI is InChI=1S/C13H19F2NO4/c1-11(2,3)20-10(19)16-7(8(17)18)12-4-13(5-12,6-12)9(14)15/h7,9H,4-6H2,1-3H3,(H,16,19)(H,17,18)/t7-,12?,13?/m0/s1. The molecule has 0 aromatic heterocycles. The van der Waals surface area contributed by atoms with E-state index in [0.29, 0.717) is 0 Å². The van der Waals surface area contributed by atoms with E-state index in [2.05, 4.69) is 5.32 Å². The van der Waals surface area contributed by atoms with E-state index in [-0.39, 0.29) is 19.3 Å². The molecular formula is C13H19F2NO4. The van der Waals surface area contributed by atoms with Crippen molar-refractivity contribution in [3.63, 3.8) is 0 Å². The Morgan fingerprint density at radius 3 is 2.05 bits per heavy atom. The highest BCUT2D eigenvalue weighted by Crippen LogP contribution is 2.76. The lowest BCUT2D eigenvalue weighted by Crippen LogP contribution is -2.73. The fourth-order valence-corrected chi connectivity index (χ4v) is 3.39. The Balaban J connectivity index is 1.98. The summed E-state index contributed by atoms with van der Waals surface area (Å²) in [6.07, 6.45) is -2.83. The van der Waals surface area contributed by atoms with Crippen molar-refractivity contribution in [3.05, 3.63) is 0 Å². The van der Waals surface area contributed by atoms with E-state index in [1.54, 1.807) is 20.8 Å². The Bertz CT molecular complexity index is 424. The fourth-order valence-electron chi connectivity index (χ4n) is 3.39. The lowest BCUT2D eigenvalue weighted by atomic mass is 9.33. The number of rotatable bonds is 4. The molecule has 0 aromatic rings. The minimum Gasteiger partial charge on any atom is -0.480 e. The summed E-state index contributed by atoms with van der Waals surface area (Å²) < 4.78 is 30.5. The molecule has 5 nitrogen and oxygen atoms in total. The van der Waals surface area contributed by atoms with Gasteiger partial charge in [-0.1, -0.05) is 0 Å². The Hall–Kier alpha value is -1.40. The number of carboxylic acids is 1. The molecular weight excluding hydrogens is 272 g/mol. The molecule has 0 unspecified atom stereocenters. The molecule has 1 atom stereocenters. The van der Waals surface area contributed by atoms with Crippen molar-refractivity contribution in [1.29, 1.82) is 0 Å². The van der Waals surface area contributed by atoms with Crippen LogP contribution >= 0.6 is 0 Å². The van der Waals surface area contributed by atoms with Crippen LogP contribution in [0.15, 0.2) is 0 Å². The fraction of sp³-hybridized carbons (Fsp3) is 0.846. The van der Waals surface area contributed by atoms with Gasteiger partial charge in [0.1, 0.15) is 11.6 Å². The zero-order valence-corrected chi connectivity index (χ0v) is 11.7. The molecule has 0 spiro atoms. The number of alkyl halides is 2. The third-order valence-corrected chi connectivity index (χ3v) is 4.10. The average molecular weight is 291 g/mol. The summed E-state index contributed by atoms with van der Waals surface area (Å²) in [5.74, 6) is -1.21. The number of hydrogen-bond donors (Lipinski definition) is 2. The van der Waals surface area contributed by atoms with Gasteiger partial charge in [0.15, 0.2) is 0 Å². The second-order valence-corrected chi connectivity index (χ2v) is 6.97. The van der Waals surface area contributed by atoms with E-state index in [0.717, 1.165) is 0 Å². The van der Waals surface area contributed by atoms with Crippen LogP contribution in [0, 0.1) is 10.8 Å². The maximum Gasteiger partial charge on any atom is 0.408 e. The molecule has 3 aliphatic rings. The van der Waals surface area contributed by atoms with Crippen LogP contribution in [0.3, 0.4) is 0 Å². The molecule has 2 bridgehead atoms. The number of ether oxygens (including phenoxy) is 1. The number of amides is 1. The molecule has 20 heavy (non-hydrogen) atoms. The molecule has 0 radical (unpaired) electrons. The van der Waals surface area contributed by atoms with Crippen LogP contribution < -0.4 is 5.32 Å². The number of nitrogens with one attached hydrogen (secondary N) is 1. The van der Waals surface area contributed by atoms with E-state index >= 15 is 0 Å². The zero-order valence-electron chi connectivity index (χ0n) is 11.7. The summed E-state index contributed by atoms with van der Waals surface area (Å²) in [5.41, 5.74) is -2.50. The van der Waals surface area contributed by atoms with Gasteiger partial charge in [-0.25, -0.2) is 18.4 Å². The van der Waals surface area contributed by atoms with E-state index in [1.165, 1.54) is 0 Å². The van der Waals surface area contributed by atoms with Crippen LogP contribution in [0.1, 0.15) is 40.0 Å². The third kappa shape index (κ3) is 2.33. The molecule has 3 rings (SSSR count). The normalized spacial score (nSPS) is 32.9. The average Bonchev–Trinajstić information content (AvgIpc) is 2.07. The van der Waals surface area contributed by atoms with Crippen molar-refractivity contribution in [1.82, 2.24) is 5.32 Å². The number of carbonyl (C=O) groups is 2. The van der Waals surface area contributed by atoms with Crippen LogP contribution in [0.25, 0.3) is 0 Å². The van der Waals surface area contributed by atoms with E-state index < -0.39 is 41.0 Å². The number of carbonyl (C=O) groups excluding carboxylic acids is 1. The number of aliphatic carboxylic acids is 1. The molecule has 0 aromatic carbocycles. The Kier molecular flexibility index (Phi) is 3.22. The number of hydrogen-bond acceptors (Lipinski definition) is 3. The van der Waals surface area contributed by atoms with Crippen LogP contribution in [0.4, 0.5) is 13.6 Å². The van der Waals surface area contributed by atoms with Gasteiger partial charge in [0.05, 0.1) is 0 Å². The predicted molar refractivity (Wildman–Crippen MR) is 65.5 cm³/mol. The van der Waals surface area contributed by atoms with E-state index in [1.807, 2.05) is 0 Å². The second kappa shape index (κ2) is 4.30. The lowest BCUT2D eigenvalue weighted by Gasteiger charge is -2.71. The first-order chi connectivity index (χ1) is 9.00. The van der Waals surface area contributed by atoms with Crippen LogP contribution in [0.2, 0.25) is 0 Å². The van der Waals surface area contributed by atoms with Crippen molar-refractivity contribution in [2.24, 2.45) is 10.8 Å². The van der Waals surface area contributed by atoms with Gasteiger partial charge in [-0.3, -0.25) is 0 Å². The highest BCUT2D eigenvalue weighted by molar-refractivity contribution is 5.81. The summed E-state index contributed by atoms with van der Waals surface area (Å²) in [7, 11) is 0. The minimum atomic E-state index is -2.43. The minimum absolute atomic E-state index is 0.143. The first kappa shape index (κ1) is 15.0. The smallest absolute Gasteiger partial charge is 0.408 e. The predicted octanol–water partition coefficient (Wildman–Crippen LogP) is 2.40. The summed E-state index contributed by atoms with van der Waals surface area (Å²) in [6, 6.07) is -1.17. The van der Waals surface area contributed by atoms with Gasteiger partial charge >= 0.3 is 12.1 Å². The Morgan fingerprint density at radius 1 is 1.20 bits per heavy atom. The van der Waals surface area contributed by atoms with Crippen molar-refractivity contribution < 1.29 is 28.2 Å². The molecule has 0 aliphatic heterocycles. The largest absolute Gasteiger partial charge is 0.480 e. The second-order valence-electron chi connectivity index (χ2n) is 6.97. The Labute approximate surface area is 115 Å². The van der Waals surface area contributed by atoms with Gasteiger partial charge in [-0.05, 0) is 40.0 Å². The van der Waals surface area contributed by atoms with Gasteiger partial charge in [-0.15, -0.1) is 0 Å². The summed E-state index contributed by atoms with van der Waals surface area (Å²) in [6.45, 7) is 4.99. The number of alkyl carbamates (subject to hydrolysis) is 1. The summed E-state index contributed by atoms with van der Waals surface area (Å²) in [5, 5.41) is 11.5. The number of halogens is 2. The van der Waals surface area contributed by atoms with Gasteiger partial charge in [0.2, 0.25) is 6.43 Å². The highest BCUT2D eigenvalue weighted by Gasteiger charge is 2.75. The zero-order chi connectivity index (χ0) is 15.3. The Morgan fingerprint density at radius 2 is 1.70 bits per heavy atom. The van der Waals surface area contributed by atoms with Gasteiger partial charge < -0.3 is 15.2 Å². The monoisotopic (exact) mass is 291 g/mol. The molecule has 2 N–H and O–H groups in total. The highest BCUT2D eigenvalue weighted by atomic mass is 19.3. The van der Waals surface area contributed by atoms with Gasteiger partial charge in [0.25, 0.3) is 0 Å². The van der Waals surface area contributed by atoms with Crippen LogP contribution in [-0.4, -0.2) is 35.2 Å². The van der Waals surface area contributed by atoms with Crippen molar-refractivity contribution in [2.45, 2.75) is 58.1 Å². The van der Waals surface area contributed by atoms with Crippen molar-refractivity contribution in [2.75, 3.05) is 0 Å². The van der Waals surface area contributed by atoms with Gasteiger partial charge in [-0.2, -0.15) is 0 Å². The summed E-state index contributed by atoms with van der Waals surface area (Å²) in [4.78, 5) is 22.9. The van der Waals surface area contributed by atoms with E-state index in [4.69, 9.17) is 4.74 Å². The molecule has 3 saturated carbocycles. The molecule has 3 fully saturated rings. The summed E-state index contributed by atoms with van der Waals surface area (Å²) >= 11 is 0.